The topological polar surface area (TPSA) is 12.0 Å². The maximum Gasteiger partial charge on any atom is 0.0135 e. The van der Waals surface area contributed by atoms with E-state index in [-0.39, 0.29) is 0 Å². The van der Waals surface area contributed by atoms with Gasteiger partial charge in [0.15, 0.2) is 0 Å². The summed E-state index contributed by atoms with van der Waals surface area (Å²) in [5.41, 5.74) is 1.56. The molecule has 0 aliphatic carbocycles. The fourth-order valence-corrected chi connectivity index (χ4v) is 3.46. The maximum absolute atomic E-state index is 3.20. The zero-order chi connectivity index (χ0) is 10.5. The number of thioether (sulfide) groups is 1. The third-order valence-corrected chi connectivity index (χ3v) is 4.30. The molecule has 1 atom stereocenters. The van der Waals surface area contributed by atoms with E-state index in [0.29, 0.717) is 0 Å². The van der Waals surface area contributed by atoms with Gasteiger partial charge in [-0.3, -0.25) is 0 Å². The Balaban J connectivity index is 1.76. The molecule has 1 aromatic carbocycles. The molecule has 1 aliphatic heterocycles. The lowest BCUT2D eigenvalue weighted by Gasteiger charge is -2.07. The van der Waals surface area contributed by atoms with Gasteiger partial charge in [-0.15, -0.1) is 11.8 Å². The summed E-state index contributed by atoms with van der Waals surface area (Å²) in [5.74, 6) is 0. The number of fused-ring (bicyclic) bond motifs is 1. The van der Waals surface area contributed by atoms with Crippen LogP contribution >= 0.6 is 11.8 Å². The Hall–Kier alpha value is -0.470. The molecule has 0 saturated carbocycles. The molecule has 82 valence electrons. The Bertz CT molecular complexity index is 286. The first kappa shape index (κ1) is 11.0. The predicted octanol–water partition coefficient (Wildman–Crippen LogP) is 3.09. The Morgan fingerprint density at radius 2 is 2.20 bits per heavy atom. The highest BCUT2D eigenvalue weighted by Gasteiger charge is 2.20. The minimum atomic E-state index is 0.833. The van der Waals surface area contributed by atoms with Gasteiger partial charge in [-0.2, -0.15) is 0 Å². The first-order valence-electron chi connectivity index (χ1n) is 5.79. The number of unbranched alkanes of at least 4 members (excludes halogenated alkanes) is 1. The SMILES string of the molecule is CNCCCCC1Cc2ccccc2S1. The lowest BCUT2D eigenvalue weighted by Crippen LogP contribution is -2.08. The van der Waals surface area contributed by atoms with Crippen LogP contribution in [0.3, 0.4) is 0 Å². The van der Waals surface area contributed by atoms with Gasteiger partial charge in [-0.05, 0) is 44.5 Å². The van der Waals surface area contributed by atoms with Gasteiger partial charge in [-0.25, -0.2) is 0 Å². The van der Waals surface area contributed by atoms with Crippen LogP contribution < -0.4 is 5.32 Å². The van der Waals surface area contributed by atoms with Gasteiger partial charge in [0.2, 0.25) is 0 Å². The molecule has 0 amide bonds. The summed E-state index contributed by atoms with van der Waals surface area (Å²) < 4.78 is 0. The monoisotopic (exact) mass is 221 g/mol. The second-order valence-electron chi connectivity index (χ2n) is 4.15. The summed E-state index contributed by atoms with van der Waals surface area (Å²) in [6.45, 7) is 1.16. The van der Waals surface area contributed by atoms with E-state index < -0.39 is 0 Å². The summed E-state index contributed by atoms with van der Waals surface area (Å²) >= 11 is 2.07. The molecule has 1 heterocycles. The molecule has 0 fully saturated rings. The van der Waals surface area contributed by atoms with E-state index in [1.54, 1.807) is 5.56 Å². The summed E-state index contributed by atoms with van der Waals surface area (Å²) in [7, 11) is 2.03. The van der Waals surface area contributed by atoms with Gasteiger partial charge in [-0.1, -0.05) is 24.6 Å². The second kappa shape index (κ2) is 5.57. The summed E-state index contributed by atoms with van der Waals surface area (Å²) in [6.07, 6.45) is 5.30. The van der Waals surface area contributed by atoms with E-state index in [1.807, 2.05) is 7.05 Å². The summed E-state index contributed by atoms with van der Waals surface area (Å²) in [6, 6.07) is 8.83. The summed E-state index contributed by atoms with van der Waals surface area (Å²) in [5, 5.41) is 4.04. The van der Waals surface area contributed by atoms with Crippen LogP contribution in [-0.4, -0.2) is 18.8 Å². The molecular formula is C13H19NS. The molecule has 0 bridgehead atoms. The smallest absolute Gasteiger partial charge is 0.0135 e. The molecule has 0 saturated heterocycles. The summed E-state index contributed by atoms with van der Waals surface area (Å²) in [4.78, 5) is 1.51. The van der Waals surface area contributed by atoms with Gasteiger partial charge < -0.3 is 5.32 Å². The van der Waals surface area contributed by atoms with Crippen molar-refractivity contribution < 1.29 is 0 Å². The molecule has 2 rings (SSSR count). The first-order valence-corrected chi connectivity index (χ1v) is 6.67. The zero-order valence-corrected chi connectivity index (χ0v) is 10.1. The van der Waals surface area contributed by atoms with Gasteiger partial charge in [0.05, 0.1) is 0 Å². The highest BCUT2D eigenvalue weighted by molar-refractivity contribution is 8.00. The lowest BCUT2D eigenvalue weighted by molar-refractivity contribution is 0.628. The van der Waals surface area contributed by atoms with E-state index >= 15 is 0 Å². The molecule has 2 heteroatoms. The molecule has 1 aliphatic rings. The van der Waals surface area contributed by atoms with E-state index in [4.69, 9.17) is 0 Å². The van der Waals surface area contributed by atoms with E-state index in [1.165, 1.54) is 30.6 Å². The number of rotatable bonds is 5. The third-order valence-electron chi connectivity index (χ3n) is 2.92. The van der Waals surface area contributed by atoms with Gasteiger partial charge in [0.1, 0.15) is 0 Å². The molecular weight excluding hydrogens is 202 g/mol. The maximum atomic E-state index is 3.20. The van der Waals surface area contributed by atoms with Crippen molar-refractivity contribution in [1.82, 2.24) is 5.32 Å². The molecule has 1 nitrogen and oxygen atoms in total. The predicted molar refractivity (Wildman–Crippen MR) is 67.6 cm³/mol. The van der Waals surface area contributed by atoms with Crippen LogP contribution in [0.4, 0.5) is 0 Å². The van der Waals surface area contributed by atoms with E-state index in [0.717, 1.165) is 11.8 Å². The molecule has 1 N–H and O–H groups in total. The van der Waals surface area contributed by atoms with Crippen molar-refractivity contribution in [3.05, 3.63) is 29.8 Å². The van der Waals surface area contributed by atoms with Gasteiger partial charge >= 0.3 is 0 Å². The van der Waals surface area contributed by atoms with Crippen LogP contribution in [0.15, 0.2) is 29.2 Å². The van der Waals surface area contributed by atoms with Crippen molar-refractivity contribution in [3.63, 3.8) is 0 Å². The molecule has 1 aromatic rings. The Morgan fingerprint density at radius 3 is 3.00 bits per heavy atom. The van der Waals surface area contributed by atoms with Gasteiger partial charge in [0.25, 0.3) is 0 Å². The average molecular weight is 221 g/mol. The van der Waals surface area contributed by atoms with Crippen LogP contribution in [0, 0.1) is 0 Å². The fraction of sp³-hybridized carbons (Fsp3) is 0.538. The van der Waals surface area contributed by atoms with Gasteiger partial charge in [0, 0.05) is 10.1 Å². The quantitative estimate of drug-likeness (QED) is 0.767. The highest BCUT2D eigenvalue weighted by Crippen LogP contribution is 2.38. The fourth-order valence-electron chi connectivity index (χ4n) is 2.09. The third kappa shape index (κ3) is 2.99. The highest BCUT2D eigenvalue weighted by atomic mass is 32.2. The average Bonchev–Trinajstić information content (AvgIpc) is 2.67. The van der Waals surface area contributed by atoms with E-state index in [2.05, 4.69) is 41.3 Å². The van der Waals surface area contributed by atoms with Crippen LogP contribution in [-0.2, 0) is 6.42 Å². The molecule has 15 heavy (non-hydrogen) atoms. The Kier molecular flexibility index (Phi) is 4.09. The van der Waals surface area contributed by atoms with Crippen molar-refractivity contribution in [1.29, 1.82) is 0 Å². The molecule has 0 radical (unpaired) electrons. The van der Waals surface area contributed by atoms with Crippen molar-refractivity contribution >= 4 is 11.8 Å². The van der Waals surface area contributed by atoms with Crippen molar-refractivity contribution in [2.45, 2.75) is 35.8 Å². The first-order chi connectivity index (χ1) is 7.40. The van der Waals surface area contributed by atoms with Crippen LogP contribution in [0.1, 0.15) is 24.8 Å². The zero-order valence-electron chi connectivity index (χ0n) is 9.33. The van der Waals surface area contributed by atoms with Crippen LogP contribution in [0.5, 0.6) is 0 Å². The number of hydrogen-bond donors (Lipinski definition) is 1. The van der Waals surface area contributed by atoms with Crippen molar-refractivity contribution in [3.8, 4) is 0 Å². The Labute approximate surface area is 96.7 Å². The lowest BCUT2D eigenvalue weighted by atomic mass is 10.1. The Morgan fingerprint density at radius 1 is 1.33 bits per heavy atom. The minimum Gasteiger partial charge on any atom is -0.320 e. The molecule has 0 aromatic heterocycles. The minimum absolute atomic E-state index is 0.833. The van der Waals surface area contributed by atoms with Crippen LogP contribution in [0.2, 0.25) is 0 Å². The molecule has 1 unspecified atom stereocenters. The van der Waals surface area contributed by atoms with Crippen molar-refractivity contribution in [2.75, 3.05) is 13.6 Å². The number of nitrogens with one attached hydrogen (secondary N) is 1. The molecule has 0 spiro atoms. The standard InChI is InChI=1S/C13H19NS/c1-14-9-5-4-7-12-10-11-6-2-3-8-13(11)15-12/h2-3,6,8,12,14H,4-5,7,9-10H2,1H3. The van der Waals surface area contributed by atoms with Crippen molar-refractivity contribution in [2.24, 2.45) is 0 Å². The largest absolute Gasteiger partial charge is 0.320 e. The van der Waals surface area contributed by atoms with E-state index in [9.17, 15) is 0 Å². The normalized spacial score (nSPS) is 19.1. The second-order valence-corrected chi connectivity index (χ2v) is 5.49. The number of benzene rings is 1. The number of hydrogen-bond acceptors (Lipinski definition) is 2. The van der Waals surface area contributed by atoms with Crippen LogP contribution in [0.25, 0.3) is 0 Å².